The van der Waals surface area contributed by atoms with Crippen molar-refractivity contribution in [3.63, 3.8) is 0 Å². The van der Waals surface area contributed by atoms with Gasteiger partial charge in [-0.25, -0.2) is 4.79 Å². The lowest BCUT2D eigenvalue weighted by Crippen LogP contribution is -2.52. The van der Waals surface area contributed by atoms with Crippen molar-refractivity contribution in [2.24, 2.45) is 0 Å². The van der Waals surface area contributed by atoms with Crippen LogP contribution in [0.5, 0.6) is 0 Å². The summed E-state index contributed by atoms with van der Waals surface area (Å²) in [5, 5.41) is 20.2. The summed E-state index contributed by atoms with van der Waals surface area (Å²) in [5.74, 6) is -0.985. The van der Waals surface area contributed by atoms with Gasteiger partial charge >= 0.3 is 11.7 Å². The summed E-state index contributed by atoms with van der Waals surface area (Å²) in [6.45, 7) is 1.52. The van der Waals surface area contributed by atoms with E-state index in [9.17, 15) is 15.0 Å². The second-order valence-electron chi connectivity index (χ2n) is 4.89. The minimum atomic E-state index is -1.66. The SMILES string of the molecule is CCOC(=O)C(=[N+]=[N-])[C@@H](O)[C@@H]1O[C@@H](c2ccccc2)OC[C@H]1O. The molecule has 4 atom stereocenters. The summed E-state index contributed by atoms with van der Waals surface area (Å²) < 4.78 is 15.6. The summed E-state index contributed by atoms with van der Waals surface area (Å²) in [4.78, 5) is 14.4. The maximum absolute atomic E-state index is 11.7. The van der Waals surface area contributed by atoms with E-state index in [-0.39, 0.29) is 13.2 Å². The quantitative estimate of drug-likeness (QED) is 0.342. The van der Waals surface area contributed by atoms with Gasteiger partial charge in [0.15, 0.2) is 12.4 Å². The number of benzene rings is 1. The van der Waals surface area contributed by atoms with Crippen molar-refractivity contribution in [3.05, 3.63) is 41.4 Å². The van der Waals surface area contributed by atoms with E-state index in [1.807, 2.05) is 6.07 Å². The van der Waals surface area contributed by atoms with Crippen LogP contribution in [0.1, 0.15) is 18.8 Å². The van der Waals surface area contributed by atoms with E-state index in [1.54, 1.807) is 31.2 Å². The summed E-state index contributed by atoms with van der Waals surface area (Å²) in [6.07, 6.45) is -4.88. The third-order valence-corrected chi connectivity index (χ3v) is 3.33. The summed E-state index contributed by atoms with van der Waals surface area (Å²) >= 11 is 0. The van der Waals surface area contributed by atoms with Gasteiger partial charge in [0.1, 0.15) is 12.2 Å². The Kier molecular flexibility index (Phi) is 5.97. The number of carbonyl (C=O) groups excluding carboxylic acids is 1. The van der Waals surface area contributed by atoms with Crippen LogP contribution >= 0.6 is 0 Å². The maximum atomic E-state index is 11.7. The Balaban J connectivity index is 2.16. The van der Waals surface area contributed by atoms with Crippen LogP contribution in [0.4, 0.5) is 0 Å². The highest BCUT2D eigenvalue weighted by Gasteiger charge is 2.45. The molecule has 0 radical (unpaired) electrons. The van der Waals surface area contributed by atoms with E-state index < -0.39 is 36.3 Å². The number of hydrogen-bond acceptors (Lipinski definition) is 6. The largest absolute Gasteiger partial charge is 0.457 e. The lowest BCUT2D eigenvalue weighted by atomic mass is 10.0. The molecule has 8 heteroatoms. The molecule has 0 amide bonds. The molecule has 23 heavy (non-hydrogen) atoms. The number of esters is 1. The molecule has 2 N–H and O–H groups in total. The molecule has 1 aliphatic heterocycles. The van der Waals surface area contributed by atoms with Crippen molar-refractivity contribution < 1.29 is 34.0 Å². The lowest BCUT2D eigenvalue weighted by molar-refractivity contribution is -0.271. The fourth-order valence-electron chi connectivity index (χ4n) is 2.20. The topological polar surface area (TPSA) is 122 Å². The average Bonchev–Trinajstić information content (AvgIpc) is 2.57. The van der Waals surface area contributed by atoms with Crippen LogP contribution in [0.15, 0.2) is 30.3 Å². The van der Waals surface area contributed by atoms with E-state index in [0.29, 0.717) is 5.56 Å². The first-order valence-corrected chi connectivity index (χ1v) is 7.15. The Bertz CT molecular complexity index is 587. The van der Waals surface area contributed by atoms with E-state index in [2.05, 4.69) is 4.79 Å². The zero-order valence-electron chi connectivity index (χ0n) is 12.5. The number of nitrogens with zero attached hydrogens (tertiary/aromatic N) is 2. The van der Waals surface area contributed by atoms with Gasteiger partial charge < -0.3 is 30.0 Å². The zero-order chi connectivity index (χ0) is 16.8. The predicted octanol–water partition coefficient (Wildman–Crippen LogP) is 0.0563. The highest BCUT2D eigenvalue weighted by atomic mass is 16.7. The third kappa shape index (κ3) is 4.01. The normalized spacial score (nSPS) is 25.3. The first-order valence-electron chi connectivity index (χ1n) is 7.15. The molecule has 8 nitrogen and oxygen atoms in total. The lowest BCUT2D eigenvalue weighted by Gasteiger charge is -2.35. The molecule has 1 fully saturated rings. The molecular formula is C15H18N2O6. The Labute approximate surface area is 132 Å². The fourth-order valence-corrected chi connectivity index (χ4v) is 2.20. The minimum absolute atomic E-state index is 0.0500. The van der Waals surface area contributed by atoms with Crippen LogP contribution in [0.25, 0.3) is 5.53 Å². The molecule has 1 heterocycles. The van der Waals surface area contributed by atoms with E-state index in [1.165, 1.54) is 0 Å². The summed E-state index contributed by atoms with van der Waals surface area (Å²) in [7, 11) is 0. The maximum Gasteiger partial charge on any atom is 0.419 e. The van der Waals surface area contributed by atoms with Crippen molar-refractivity contribution in [1.82, 2.24) is 0 Å². The van der Waals surface area contributed by atoms with Gasteiger partial charge in [0.25, 0.3) is 0 Å². The standard InChI is InChI=1S/C15H18N2O6/c1-2-21-14(20)11(17-16)12(19)13-10(18)8-22-15(23-13)9-6-4-3-5-7-9/h3-7,10,12-13,15,18-19H,2,8H2,1H3/t10-,12-,13-,15+/m1/s1. The molecule has 1 aromatic carbocycles. The molecule has 0 bridgehead atoms. The first-order chi connectivity index (χ1) is 11.1. The van der Waals surface area contributed by atoms with Gasteiger partial charge in [-0.15, -0.1) is 0 Å². The van der Waals surface area contributed by atoms with Crippen LogP contribution in [0, 0.1) is 0 Å². The van der Waals surface area contributed by atoms with Gasteiger partial charge in [0.2, 0.25) is 0 Å². The molecule has 0 aromatic heterocycles. The monoisotopic (exact) mass is 322 g/mol. The number of aliphatic hydroxyl groups excluding tert-OH is 2. The van der Waals surface area contributed by atoms with Crippen LogP contribution in [-0.2, 0) is 19.0 Å². The number of ether oxygens (including phenoxy) is 3. The molecule has 1 saturated heterocycles. The molecule has 0 saturated carbocycles. The van der Waals surface area contributed by atoms with Gasteiger partial charge in [-0.05, 0) is 6.92 Å². The van der Waals surface area contributed by atoms with Crippen LogP contribution < -0.4 is 0 Å². The highest BCUT2D eigenvalue weighted by molar-refractivity contribution is 6.35. The van der Waals surface area contributed by atoms with Crippen molar-refractivity contribution in [3.8, 4) is 0 Å². The predicted molar refractivity (Wildman–Crippen MR) is 77.3 cm³/mol. The molecule has 124 valence electrons. The fraction of sp³-hybridized carbons (Fsp3) is 0.467. The number of carbonyl (C=O) groups is 1. The van der Waals surface area contributed by atoms with Crippen molar-refractivity contribution in [2.45, 2.75) is 31.5 Å². The van der Waals surface area contributed by atoms with Crippen LogP contribution in [0.3, 0.4) is 0 Å². The van der Waals surface area contributed by atoms with Crippen LogP contribution in [-0.4, -0.2) is 58.2 Å². The van der Waals surface area contributed by atoms with Gasteiger partial charge in [0, 0.05) is 5.56 Å². The third-order valence-electron chi connectivity index (χ3n) is 3.33. The minimum Gasteiger partial charge on any atom is -0.457 e. The molecule has 2 rings (SSSR count). The summed E-state index contributed by atoms with van der Waals surface area (Å²) in [5.41, 5.74) is 9.01. The van der Waals surface area contributed by atoms with Crippen molar-refractivity contribution in [1.29, 1.82) is 0 Å². The Morgan fingerprint density at radius 1 is 1.48 bits per heavy atom. The van der Waals surface area contributed by atoms with E-state index >= 15 is 0 Å². The summed E-state index contributed by atoms with van der Waals surface area (Å²) in [6, 6.07) is 8.93. The molecule has 1 aromatic rings. The Hall–Kier alpha value is -2.09. The second-order valence-corrected chi connectivity index (χ2v) is 4.89. The number of rotatable bonds is 5. The van der Waals surface area contributed by atoms with Gasteiger partial charge in [-0.3, -0.25) is 0 Å². The zero-order valence-corrected chi connectivity index (χ0v) is 12.5. The second kappa shape index (κ2) is 7.96. The van der Waals surface area contributed by atoms with Crippen molar-refractivity contribution >= 4 is 11.7 Å². The number of aliphatic hydroxyl groups is 2. The van der Waals surface area contributed by atoms with Gasteiger partial charge in [-0.2, -0.15) is 4.79 Å². The molecular weight excluding hydrogens is 304 g/mol. The molecule has 1 aliphatic rings. The first kappa shape index (κ1) is 17.3. The van der Waals surface area contributed by atoms with Gasteiger partial charge in [0.05, 0.1) is 13.2 Å². The van der Waals surface area contributed by atoms with E-state index in [0.717, 1.165) is 0 Å². The Morgan fingerprint density at radius 2 is 2.17 bits per heavy atom. The number of hydrogen-bond donors (Lipinski definition) is 2. The van der Waals surface area contributed by atoms with Crippen molar-refractivity contribution in [2.75, 3.05) is 13.2 Å². The molecule has 0 aliphatic carbocycles. The van der Waals surface area contributed by atoms with Crippen LogP contribution in [0.2, 0.25) is 0 Å². The smallest absolute Gasteiger partial charge is 0.419 e. The molecule has 0 unspecified atom stereocenters. The highest BCUT2D eigenvalue weighted by Crippen LogP contribution is 2.28. The average molecular weight is 322 g/mol. The molecule has 0 spiro atoms. The Morgan fingerprint density at radius 3 is 2.78 bits per heavy atom. The van der Waals surface area contributed by atoms with Gasteiger partial charge in [-0.1, -0.05) is 30.3 Å². The van der Waals surface area contributed by atoms with E-state index in [4.69, 9.17) is 19.7 Å².